The van der Waals surface area contributed by atoms with Crippen LogP contribution >= 0.6 is 0 Å². The maximum Gasteiger partial charge on any atom is 0.338 e. The topological polar surface area (TPSA) is 72.5 Å². The van der Waals surface area contributed by atoms with Gasteiger partial charge in [-0.3, -0.25) is 0 Å². The Morgan fingerprint density at radius 1 is 0.893 bits per heavy atom. The van der Waals surface area contributed by atoms with E-state index in [2.05, 4.69) is 4.72 Å². The molecule has 0 aliphatic heterocycles. The van der Waals surface area contributed by atoms with Crippen LogP contribution in [-0.4, -0.2) is 14.4 Å². The first-order chi connectivity index (χ1) is 13.4. The Morgan fingerprint density at radius 3 is 2.32 bits per heavy atom. The summed E-state index contributed by atoms with van der Waals surface area (Å²) in [6.07, 6.45) is 0. The summed E-state index contributed by atoms with van der Waals surface area (Å²) in [6.45, 7) is 0.102. The van der Waals surface area contributed by atoms with Crippen molar-refractivity contribution in [1.82, 2.24) is 4.72 Å². The van der Waals surface area contributed by atoms with E-state index in [-0.39, 0.29) is 29.4 Å². The quantitative estimate of drug-likeness (QED) is 0.616. The highest BCUT2D eigenvalue weighted by molar-refractivity contribution is 7.89. The average Bonchev–Trinajstić information content (AvgIpc) is 2.72. The van der Waals surface area contributed by atoms with Crippen molar-refractivity contribution in [3.63, 3.8) is 0 Å². The van der Waals surface area contributed by atoms with Crippen LogP contribution in [0.3, 0.4) is 0 Å². The maximum absolute atomic E-state index is 12.9. The van der Waals surface area contributed by atoms with E-state index >= 15 is 0 Å². The van der Waals surface area contributed by atoms with E-state index in [0.29, 0.717) is 5.56 Å². The molecule has 0 atom stereocenters. The molecule has 0 aromatic heterocycles. The summed E-state index contributed by atoms with van der Waals surface area (Å²) in [6, 6.07) is 20.3. The highest BCUT2D eigenvalue weighted by atomic mass is 32.2. The van der Waals surface area contributed by atoms with Crippen LogP contribution in [0.1, 0.15) is 21.5 Å². The lowest BCUT2D eigenvalue weighted by Crippen LogP contribution is -2.23. The fourth-order valence-corrected chi connectivity index (χ4v) is 3.52. The van der Waals surface area contributed by atoms with Crippen LogP contribution in [0.25, 0.3) is 0 Å². The Balaban J connectivity index is 1.66. The Bertz CT molecular complexity index is 1050. The van der Waals surface area contributed by atoms with Crippen molar-refractivity contribution in [3.8, 4) is 0 Å². The van der Waals surface area contributed by atoms with Gasteiger partial charge in [-0.1, -0.05) is 48.5 Å². The highest BCUT2D eigenvalue weighted by Gasteiger charge is 2.17. The minimum atomic E-state index is -3.79. The number of hydrogen-bond acceptors (Lipinski definition) is 4. The van der Waals surface area contributed by atoms with Gasteiger partial charge in [-0.15, -0.1) is 0 Å². The predicted molar refractivity (Wildman–Crippen MR) is 102 cm³/mol. The van der Waals surface area contributed by atoms with Crippen molar-refractivity contribution in [2.45, 2.75) is 18.0 Å². The van der Waals surface area contributed by atoms with Crippen molar-refractivity contribution in [2.24, 2.45) is 0 Å². The maximum atomic E-state index is 12.9. The molecule has 0 saturated heterocycles. The van der Waals surface area contributed by atoms with Crippen LogP contribution in [0.15, 0.2) is 83.8 Å². The lowest BCUT2D eigenvalue weighted by molar-refractivity contribution is 0.0472. The van der Waals surface area contributed by atoms with E-state index in [0.717, 1.165) is 5.56 Å². The third-order valence-corrected chi connectivity index (χ3v) is 5.37. The van der Waals surface area contributed by atoms with E-state index in [9.17, 15) is 17.6 Å². The molecule has 0 aliphatic rings. The number of carbonyl (C=O) groups is 1. The van der Waals surface area contributed by atoms with Gasteiger partial charge in [0.25, 0.3) is 0 Å². The minimum Gasteiger partial charge on any atom is -0.457 e. The number of ether oxygens (including phenoxy) is 1. The van der Waals surface area contributed by atoms with Crippen LogP contribution in [0.2, 0.25) is 0 Å². The zero-order valence-corrected chi connectivity index (χ0v) is 15.7. The van der Waals surface area contributed by atoms with Gasteiger partial charge in [0.2, 0.25) is 10.0 Å². The summed E-state index contributed by atoms with van der Waals surface area (Å²) in [5, 5.41) is 0. The Morgan fingerprint density at radius 2 is 1.61 bits per heavy atom. The molecule has 0 amide bonds. The van der Waals surface area contributed by atoms with E-state index in [1.54, 1.807) is 0 Å². The molecule has 0 bridgehead atoms. The summed E-state index contributed by atoms with van der Waals surface area (Å²) in [7, 11) is -3.79. The fourth-order valence-electron chi connectivity index (χ4n) is 2.46. The second kappa shape index (κ2) is 8.77. The molecule has 144 valence electrons. The molecule has 0 spiro atoms. The van der Waals surface area contributed by atoms with Gasteiger partial charge < -0.3 is 4.74 Å². The lowest BCUT2D eigenvalue weighted by Gasteiger charge is -2.09. The normalized spacial score (nSPS) is 11.2. The van der Waals surface area contributed by atoms with Crippen molar-refractivity contribution in [2.75, 3.05) is 0 Å². The van der Waals surface area contributed by atoms with Gasteiger partial charge in [-0.25, -0.2) is 22.3 Å². The van der Waals surface area contributed by atoms with Gasteiger partial charge in [-0.2, -0.15) is 0 Å². The van der Waals surface area contributed by atoms with Crippen molar-refractivity contribution < 1.29 is 22.3 Å². The molecule has 0 heterocycles. The Kier molecular flexibility index (Phi) is 6.18. The smallest absolute Gasteiger partial charge is 0.338 e. The number of esters is 1. The molecule has 0 unspecified atom stereocenters. The zero-order valence-electron chi connectivity index (χ0n) is 14.8. The number of halogens is 1. The number of nitrogens with one attached hydrogen (secondary N) is 1. The standard InChI is InChI=1S/C21H18FNO4S/c22-19-11-9-17(10-12-19)15-27-21(24)18-7-4-8-20(13-18)28(25,26)23-14-16-5-2-1-3-6-16/h1-13,23H,14-15H2. The number of carbonyl (C=O) groups excluding carboxylic acids is 1. The van der Waals surface area contributed by atoms with Crippen LogP contribution < -0.4 is 4.72 Å². The number of hydrogen-bond donors (Lipinski definition) is 1. The second-order valence-corrected chi connectivity index (χ2v) is 7.81. The molecule has 0 aliphatic carbocycles. The molecule has 3 aromatic carbocycles. The minimum absolute atomic E-state index is 0.0281. The van der Waals surface area contributed by atoms with Crippen LogP contribution in [0, 0.1) is 5.82 Å². The van der Waals surface area contributed by atoms with Gasteiger partial charge >= 0.3 is 5.97 Å². The second-order valence-electron chi connectivity index (χ2n) is 6.04. The largest absolute Gasteiger partial charge is 0.457 e. The molecule has 0 radical (unpaired) electrons. The van der Waals surface area contributed by atoms with E-state index in [1.807, 2.05) is 30.3 Å². The highest BCUT2D eigenvalue weighted by Crippen LogP contribution is 2.14. The van der Waals surface area contributed by atoms with Gasteiger partial charge in [0.1, 0.15) is 12.4 Å². The molecule has 5 nitrogen and oxygen atoms in total. The van der Waals surface area contributed by atoms with E-state index in [4.69, 9.17) is 4.74 Å². The van der Waals surface area contributed by atoms with Crippen molar-refractivity contribution >= 4 is 16.0 Å². The molecule has 1 N–H and O–H groups in total. The monoisotopic (exact) mass is 399 g/mol. The van der Waals surface area contributed by atoms with Gasteiger partial charge in [0.15, 0.2) is 0 Å². The molecule has 3 rings (SSSR count). The molecule has 3 aromatic rings. The summed E-state index contributed by atoms with van der Waals surface area (Å²) in [5.41, 5.74) is 1.56. The van der Waals surface area contributed by atoms with Gasteiger partial charge in [0, 0.05) is 6.54 Å². The SMILES string of the molecule is O=C(OCc1ccc(F)cc1)c1cccc(S(=O)(=O)NCc2ccccc2)c1. The lowest BCUT2D eigenvalue weighted by atomic mass is 10.2. The van der Waals surface area contributed by atoms with E-state index in [1.165, 1.54) is 48.5 Å². The van der Waals surface area contributed by atoms with Crippen LogP contribution in [0.5, 0.6) is 0 Å². The molecule has 0 fully saturated rings. The average molecular weight is 399 g/mol. The third-order valence-electron chi connectivity index (χ3n) is 3.97. The number of rotatable bonds is 7. The number of sulfonamides is 1. The van der Waals surface area contributed by atoms with Gasteiger partial charge in [0.05, 0.1) is 10.5 Å². The van der Waals surface area contributed by atoms with E-state index < -0.39 is 16.0 Å². The Hall–Kier alpha value is -3.03. The summed E-state index contributed by atoms with van der Waals surface area (Å²) >= 11 is 0. The molecule has 0 saturated carbocycles. The first kappa shape index (κ1) is 19.7. The predicted octanol–water partition coefficient (Wildman–Crippen LogP) is 3.66. The number of benzene rings is 3. The first-order valence-electron chi connectivity index (χ1n) is 8.49. The van der Waals surface area contributed by atoms with Crippen molar-refractivity contribution in [1.29, 1.82) is 0 Å². The van der Waals surface area contributed by atoms with Crippen LogP contribution in [-0.2, 0) is 27.9 Å². The molecule has 28 heavy (non-hydrogen) atoms. The Labute approximate surface area is 162 Å². The molecular weight excluding hydrogens is 381 g/mol. The molecular formula is C21H18FNO4S. The summed E-state index contributed by atoms with van der Waals surface area (Å²) in [5.74, 6) is -1.04. The first-order valence-corrected chi connectivity index (χ1v) is 9.97. The van der Waals surface area contributed by atoms with Crippen LogP contribution in [0.4, 0.5) is 4.39 Å². The summed E-state index contributed by atoms with van der Waals surface area (Å²) < 4.78 is 45.6. The molecule has 7 heteroatoms. The third kappa shape index (κ3) is 5.25. The van der Waals surface area contributed by atoms with Gasteiger partial charge in [-0.05, 0) is 41.5 Å². The zero-order chi connectivity index (χ0) is 20.0. The fraction of sp³-hybridized carbons (Fsp3) is 0.0952. The van der Waals surface area contributed by atoms with Crippen molar-refractivity contribution in [3.05, 3.63) is 101 Å². The summed E-state index contributed by atoms with van der Waals surface area (Å²) in [4.78, 5) is 12.2.